The summed E-state index contributed by atoms with van der Waals surface area (Å²) in [7, 11) is 5.12. The van der Waals surface area contributed by atoms with E-state index in [1.165, 1.54) is 25.8 Å². The Hall–Kier alpha value is -1.22. The Balaban J connectivity index is 0.00000338. The van der Waals surface area contributed by atoms with Crippen LogP contribution in [-0.2, 0) is 6.54 Å². The van der Waals surface area contributed by atoms with Crippen LogP contribution >= 0.6 is 24.0 Å². The number of guanidine groups is 1. The van der Waals surface area contributed by atoms with E-state index in [2.05, 4.69) is 27.4 Å². The summed E-state index contributed by atoms with van der Waals surface area (Å²) in [6.45, 7) is 6.12. The SMILES string of the molecule is CN=C(NCCN1CCCCC1C)NCc1ccc(OC)cc1OC.I. The highest BCUT2D eigenvalue weighted by molar-refractivity contribution is 14.0. The quantitative estimate of drug-likeness (QED) is 0.360. The number of nitrogens with one attached hydrogen (secondary N) is 2. The number of ether oxygens (including phenoxy) is 2. The summed E-state index contributed by atoms with van der Waals surface area (Å²) in [4.78, 5) is 6.86. The molecule has 1 heterocycles. The molecule has 0 saturated carbocycles. The second kappa shape index (κ2) is 12.2. The van der Waals surface area contributed by atoms with Crippen LogP contribution < -0.4 is 20.1 Å². The zero-order chi connectivity index (χ0) is 18.1. The maximum absolute atomic E-state index is 5.44. The van der Waals surface area contributed by atoms with Crippen molar-refractivity contribution in [3.63, 3.8) is 0 Å². The van der Waals surface area contributed by atoms with Crippen LogP contribution in [0.2, 0.25) is 0 Å². The van der Waals surface area contributed by atoms with Gasteiger partial charge in [-0.3, -0.25) is 9.89 Å². The molecule has 0 spiro atoms. The number of hydrogen-bond acceptors (Lipinski definition) is 4. The fourth-order valence-electron chi connectivity index (χ4n) is 3.21. The van der Waals surface area contributed by atoms with Gasteiger partial charge in [0.2, 0.25) is 0 Å². The average Bonchev–Trinajstić information content (AvgIpc) is 2.65. The molecule has 1 aliphatic rings. The molecule has 0 aliphatic carbocycles. The summed E-state index contributed by atoms with van der Waals surface area (Å²) in [5.74, 6) is 2.41. The van der Waals surface area contributed by atoms with E-state index in [0.29, 0.717) is 12.6 Å². The van der Waals surface area contributed by atoms with Gasteiger partial charge in [-0.1, -0.05) is 6.42 Å². The molecule has 1 fully saturated rings. The van der Waals surface area contributed by atoms with E-state index in [0.717, 1.165) is 36.1 Å². The van der Waals surface area contributed by atoms with Crippen LogP contribution in [0.5, 0.6) is 11.5 Å². The van der Waals surface area contributed by atoms with Gasteiger partial charge in [0.1, 0.15) is 11.5 Å². The van der Waals surface area contributed by atoms with Gasteiger partial charge in [-0.05, 0) is 38.4 Å². The molecule has 6 nitrogen and oxygen atoms in total. The van der Waals surface area contributed by atoms with Crippen LogP contribution in [0.4, 0.5) is 0 Å². The molecule has 7 heteroatoms. The van der Waals surface area contributed by atoms with Crippen molar-refractivity contribution in [3.05, 3.63) is 23.8 Å². The summed E-state index contributed by atoms with van der Waals surface area (Å²) >= 11 is 0. The molecule has 0 bridgehead atoms. The Kier molecular flexibility index (Phi) is 10.7. The van der Waals surface area contributed by atoms with Gasteiger partial charge in [-0.15, -0.1) is 24.0 Å². The van der Waals surface area contributed by atoms with E-state index >= 15 is 0 Å². The standard InChI is InChI=1S/C19H32N4O2.HI/c1-15-7-5-6-11-23(15)12-10-21-19(20-2)22-14-16-8-9-17(24-3)13-18(16)25-4;/h8-9,13,15H,5-7,10-12,14H2,1-4H3,(H2,20,21,22);1H. The minimum absolute atomic E-state index is 0. The maximum Gasteiger partial charge on any atom is 0.191 e. The number of piperidine rings is 1. The third kappa shape index (κ3) is 6.83. The Bertz CT molecular complexity index is 568. The van der Waals surface area contributed by atoms with Gasteiger partial charge in [-0.25, -0.2) is 0 Å². The topological polar surface area (TPSA) is 58.1 Å². The number of halogens is 1. The van der Waals surface area contributed by atoms with Crippen molar-refractivity contribution >= 4 is 29.9 Å². The van der Waals surface area contributed by atoms with Crippen molar-refractivity contribution in [2.24, 2.45) is 4.99 Å². The third-order valence-corrected chi connectivity index (χ3v) is 4.80. The Morgan fingerprint density at radius 1 is 1.23 bits per heavy atom. The van der Waals surface area contributed by atoms with E-state index in [1.807, 2.05) is 18.2 Å². The molecule has 1 aliphatic heterocycles. The van der Waals surface area contributed by atoms with Crippen molar-refractivity contribution in [3.8, 4) is 11.5 Å². The number of aliphatic imine (C=N–C) groups is 1. The molecule has 2 N–H and O–H groups in total. The fourth-order valence-corrected chi connectivity index (χ4v) is 3.21. The minimum atomic E-state index is 0. The van der Waals surface area contributed by atoms with E-state index in [9.17, 15) is 0 Å². The zero-order valence-corrected chi connectivity index (χ0v) is 18.7. The van der Waals surface area contributed by atoms with Crippen LogP contribution in [0.15, 0.2) is 23.2 Å². The first-order valence-corrected chi connectivity index (χ1v) is 9.07. The summed E-state index contributed by atoms with van der Waals surface area (Å²) in [5, 5.41) is 6.75. The number of rotatable bonds is 7. The Labute approximate surface area is 174 Å². The number of methoxy groups -OCH3 is 2. The van der Waals surface area contributed by atoms with Crippen molar-refractivity contribution in [1.29, 1.82) is 0 Å². The lowest BCUT2D eigenvalue weighted by Gasteiger charge is -2.33. The molecule has 1 atom stereocenters. The van der Waals surface area contributed by atoms with Gasteiger partial charge in [0.05, 0.1) is 14.2 Å². The molecule has 1 unspecified atom stereocenters. The van der Waals surface area contributed by atoms with Crippen LogP contribution in [-0.4, -0.2) is 57.8 Å². The first-order chi connectivity index (χ1) is 12.2. The van der Waals surface area contributed by atoms with Crippen molar-refractivity contribution in [1.82, 2.24) is 15.5 Å². The Morgan fingerprint density at radius 2 is 2.04 bits per heavy atom. The highest BCUT2D eigenvalue weighted by atomic mass is 127. The largest absolute Gasteiger partial charge is 0.497 e. The molecule has 1 aromatic carbocycles. The third-order valence-electron chi connectivity index (χ3n) is 4.80. The summed E-state index contributed by atoms with van der Waals surface area (Å²) in [6, 6.07) is 6.53. The van der Waals surface area contributed by atoms with E-state index in [-0.39, 0.29) is 24.0 Å². The first-order valence-electron chi connectivity index (χ1n) is 9.07. The number of likely N-dealkylation sites (tertiary alicyclic amines) is 1. The molecule has 0 aromatic heterocycles. The second-order valence-electron chi connectivity index (χ2n) is 6.41. The lowest BCUT2D eigenvalue weighted by molar-refractivity contribution is 0.163. The average molecular weight is 476 g/mol. The smallest absolute Gasteiger partial charge is 0.191 e. The van der Waals surface area contributed by atoms with Crippen LogP contribution in [0.25, 0.3) is 0 Å². The zero-order valence-electron chi connectivity index (χ0n) is 16.4. The molecule has 26 heavy (non-hydrogen) atoms. The highest BCUT2D eigenvalue weighted by Crippen LogP contribution is 2.24. The maximum atomic E-state index is 5.44. The minimum Gasteiger partial charge on any atom is -0.497 e. The number of nitrogens with zero attached hydrogens (tertiary/aromatic N) is 2. The summed E-state index contributed by atoms with van der Waals surface area (Å²) < 4.78 is 10.7. The lowest BCUT2D eigenvalue weighted by Crippen LogP contribution is -2.45. The molecule has 0 radical (unpaired) electrons. The monoisotopic (exact) mass is 476 g/mol. The van der Waals surface area contributed by atoms with Crippen LogP contribution in [0.1, 0.15) is 31.7 Å². The second-order valence-corrected chi connectivity index (χ2v) is 6.41. The van der Waals surface area contributed by atoms with E-state index in [4.69, 9.17) is 9.47 Å². The van der Waals surface area contributed by atoms with Gasteiger partial charge in [-0.2, -0.15) is 0 Å². The van der Waals surface area contributed by atoms with Crippen LogP contribution in [0, 0.1) is 0 Å². The predicted octanol–water partition coefficient (Wildman–Crippen LogP) is 2.86. The van der Waals surface area contributed by atoms with Crippen molar-refractivity contribution in [2.75, 3.05) is 40.9 Å². The van der Waals surface area contributed by atoms with Gasteiger partial charge in [0, 0.05) is 44.4 Å². The first kappa shape index (κ1) is 22.8. The molecular weight excluding hydrogens is 443 g/mol. The Morgan fingerprint density at radius 3 is 2.69 bits per heavy atom. The van der Waals surface area contributed by atoms with E-state index < -0.39 is 0 Å². The molecular formula is C19H33IN4O2. The fraction of sp³-hybridized carbons (Fsp3) is 0.632. The normalized spacial score (nSPS) is 18.0. The summed E-state index contributed by atoms with van der Waals surface area (Å²) in [5.41, 5.74) is 1.07. The molecule has 1 aromatic rings. The molecule has 1 saturated heterocycles. The number of hydrogen-bond donors (Lipinski definition) is 2. The molecule has 148 valence electrons. The predicted molar refractivity (Wildman–Crippen MR) is 118 cm³/mol. The van der Waals surface area contributed by atoms with Crippen molar-refractivity contribution in [2.45, 2.75) is 38.8 Å². The van der Waals surface area contributed by atoms with E-state index in [1.54, 1.807) is 21.3 Å². The van der Waals surface area contributed by atoms with Crippen molar-refractivity contribution < 1.29 is 9.47 Å². The van der Waals surface area contributed by atoms with Gasteiger partial charge >= 0.3 is 0 Å². The molecule has 0 amide bonds. The highest BCUT2D eigenvalue weighted by Gasteiger charge is 2.17. The lowest BCUT2D eigenvalue weighted by atomic mass is 10.0. The summed E-state index contributed by atoms with van der Waals surface area (Å²) in [6.07, 6.45) is 3.98. The molecule has 2 rings (SSSR count). The van der Waals surface area contributed by atoms with Gasteiger partial charge in [0.15, 0.2) is 5.96 Å². The van der Waals surface area contributed by atoms with Crippen LogP contribution in [0.3, 0.4) is 0 Å². The van der Waals surface area contributed by atoms with Gasteiger partial charge in [0.25, 0.3) is 0 Å². The number of benzene rings is 1. The van der Waals surface area contributed by atoms with Gasteiger partial charge < -0.3 is 20.1 Å².